The van der Waals surface area contributed by atoms with Gasteiger partial charge < -0.3 is 15.4 Å². The van der Waals surface area contributed by atoms with Crippen LogP contribution in [0.25, 0.3) is 0 Å². The van der Waals surface area contributed by atoms with E-state index in [9.17, 15) is 0 Å². The van der Waals surface area contributed by atoms with E-state index in [0.29, 0.717) is 19.0 Å². The van der Waals surface area contributed by atoms with Gasteiger partial charge in [-0.05, 0) is 36.6 Å². The molecule has 0 aliphatic heterocycles. The summed E-state index contributed by atoms with van der Waals surface area (Å²) >= 11 is 0. The third-order valence-electron chi connectivity index (χ3n) is 3.61. The number of guanidine groups is 1. The molecular weight excluding hydrogens is 314 g/mol. The van der Waals surface area contributed by atoms with E-state index in [2.05, 4.69) is 53.6 Å². The second-order valence-corrected chi connectivity index (χ2v) is 6.35. The van der Waals surface area contributed by atoms with Crippen molar-refractivity contribution in [3.05, 3.63) is 47.8 Å². The summed E-state index contributed by atoms with van der Waals surface area (Å²) in [6.07, 6.45) is 1.80. The van der Waals surface area contributed by atoms with Crippen LogP contribution in [0.1, 0.15) is 32.0 Å². The lowest BCUT2D eigenvalue weighted by Crippen LogP contribution is -2.37. The van der Waals surface area contributed by atoms with E-state index in [1.165, 1.54) is 0 Å². The summed E-state index contributed by atoms with van der Waals surface area (Å²) in [4.78, 5) is 4.66. The smallest absolute Gasteiger partial charge is 0.191 e. The molecule has 0 radical (unpaired) electrons. The molecule has 0 saturated heterocycles. The van der Waals surface area contributed by atoms with Gasteiger partial charge in [0, 0.05) is 19.8 Å². The van der Waals surface area contributed by atoms with E-state index in [1.54, 1.807) is 6.20 Å². The zero-order valence-corrected chi connectivity index (χ0v) is 15.6. The Balaban J connectivity index is 1.95. The molecule has 1 aromatic carbocycles. The third kappa shape index (κ3) is 6.49. The molecule has 0 amide bonds. The highest BCUT2D eigenvalue weighted by Crippen LogP contribution is 2.15. The Morgan fingerprint density at radius 2 is 2.12 bits per heavy atom. The Labute approximate surface area is 150 Å². The van der Waals surface area contributed by atoms with Crippen LogP contribution < -0.4 is 15.4 Å². The number of aromatic nitrogens is 2. The van der Waals surface area contributed by atoms with Crippen molar-refractivity contribution < 1.29 is 4.74 Å². The van der Waals surface area contributed by atoms with Gasteiger partial charge in [0.15, 0.2) is 5.96 Å². The largest absolute Gasteiger partial charge is 0.493 e. The first-order valence-corrected chi connectivity index (χ1v) is 8.79. The van der Waals surface area contributed by atoms with Gasteiger partial charge in [0.2, 0.25) is 0 Å². The Morgan fingerprint density at radius 1 is 1.28 bits per heavy atom. The van der Waals surface area contributed by atoms with Crippen molar-refractivity contribution in [1.82, 2.24) is 20.4 Å². The molecule has 136 valence electrons. The summed E-state index contributed by atoms with van der Waals surface area (Å²) < 4.78 is 7.64. The van der Waals surface area contributed by atoms with Crippen molar-refractivity contribution in [3.8, 4) is 5.75 Å². The third-order valence-corrected chi connectivity index (χ3v) is 3.61. The highest BCUT2D eigenvalue weighted by atomic mass is 16.5. The number of aryl methyl sites for hydroxylation is 1. The van der Waals surface area contributed by atoms with Crippen molar-refractivity contribution in [1.29, 1.82) is 0 Å². The van der Waals surface area contributed by atoms with Crippen LogP contribution in [0.2, 0.25) is 0 Å². The van der Waals surface area contributed by atoms with Gasteiger partial charge in [-0.1, -0.05) is 26.0 Å². The average molecular weight is 343 g/mol. The van der Waals surface area contributed by atoms with E-state index >= 15 is 0 Å². The first-order chi connectivity index (χ1) is 12.1. The summed E-state index contributed by atoms with van der Waals surface area (Å²) in [5.74, 6) is 2.20. The van der Waals surface area contributed by atoms with Gasteiger partial charge in [0.05, 0.1) is 25.4 Å². The quantitative estimate of drug-likeness (QED) is 0.571. The Bertz CT molecular complexity index is 678. The van der Waals surface area contributed by atoms with E-state index in [1.807, 2.05) is 29.9 Å². The van der Waals surface area contributed by atoms with Gasteiger partial charge in [-0.25, -0.2) is 4.99 Å². The van der Waals surface area contributed by atoms with Crippen molar-refractivity contribution in [2.24, 2.45) is 18.0 Å². The average Bonchev–Trinajstić information content (AvgIpc) is 3.01. The fourth-order valence-electron chi connectivity index (χ4n) is 2.26. The summed E-state index contributed by atoms with van der Waals surface area (Å²) in [6.45, 7) is 9.16. The lowest BCUT2D eigenvalue weighted by atomic mass is 10.2. The van der Waals surface area contributed by atoms with Gasteiger partial charge in [0.1, 0.15) is 5.75 Å². The van der Waals surface area contributed by atoms with Gasteiger partial charge in [-0.15, -0.1) is 0 Å². The fourth-order valence-corrected chi connectivity index (χ4v) is 2.26. The van der Waals surface area contributed by atoms with Gasteiger partial charge in [-0.2, -0.15) is 5.10 Å². The second-order valence-electron chi connectivity index (χ2n) is 6.35. The van der Waals surface area contributed by atoms with Crippen molar-refractivity contribution >= 4 is 5.96 Å². The molecule has 0 unspecified atom stereocenters. The minimum atomic E-state index is 0.512. The van der Waals surface area contributed by atoms with Crippen LogP contribution in [-0.2, 0) is 20.1 Å². The predicted molar refractivity (Wildman–Crippen MR) is 102 cm³/mol. The van der Waals surface area contributed by atoms with Crippen LogP contribution >= 0.6 is 0 Å². The topological polar surface area (TPSA) is 63.5 Å². The first-order valence-electron chi connectivity index (χ1n) is 8.79. The Morgan fingerprint density at radius 3 is 2.80 bits per heavy atom. The number of hydrogen-bond donors (Lipinski definition) is 2. The maximum Gasteiger partial charge on any atom is 0.191 e. The molecule has 2 N–H and O–H groups in total. The molecule has 2 aromatic rings. The number of rotatable bonds is 8. The summed E-state index contributed by atoms with van der Waals surface area (Å²) in [6, 6.07) is 10.1. The molecule has 0 saturated carbocycles. The molecule has 0 bridgehead atoms. The van der Waals surface area contributed by atoms with Gasteiger partial charge >= 0.3 is 0 Å². The molecule has 6 heteroatoms. The second kappa shape index (κ2) is 9.71. The number of aliphatic imine (C=N–C) groups is 1. The molecule has 0 fully saturated rings. The van der Waals surface area contributed by atoms with Gasteiger partial charge in [0.25, 0.3) is 0 Å². The van der Waals surface area contributed by atoms with Crippen molar-refractivity contribution in [2.45, 2.75) is 33.9 Å². The normalized spacial score (nSPS) is 11.6. The van der Waals surface area contributed by atoms with E-state index in [-0.39, 0.29) is 0 Å². The Hall–Kier alpha value is -2.50. The van der Waals surface area contributed by atoms with Gasteiger partial charge in [-0.3, -0.25) is 4.68 Å². The summed E-state index contributed by atoms with van der Waals surface area (Å²) in [5, 5.41) is 10.8. The standard InChI is InChI=1S/C19H29N5O/c1-5-20-19(22-13-17-9-10-23-24(17)4)21-12-16-7-6-8-18(11-16)25-14-15(2)3/h6-11,15H,5,12-14H2,1-4H3,(H2,20,21,22). The molecule has 1 heterocycles. The molecule has 0 spiro atoms. The molecule has 2 rings (SSSR count). The monoisotopic (exact) mass is 343 g/mol. The van der Waals surface area contributed by atoms with Crippen LogP contribution in [0, 0.1) is 5.92 Å². The number of nitrogens with zero attached hydrogens (tertiary/aromatic N) is 3. The van der Waals surface area contributed by atoms with Crippen molar-refractivity contribution in [2.75, 3.05) is 13.2 Å². The van der Waals surface area contributed by atoms with E-state index < -0.39 is 0 Å². The zero-order chi connectivity index (χ0) is 18.1. The molecular formula is C19H29N5O. The zero-order valence-electron chi connectivity index (χ0n) is 15.6. The van der Waals surface area contributed by atoms with E-state index in [0.717, 1.165) is 36.1 Å². The number of nitrogens with one attached hydrogen (secondary N) is 2. The van der Waals surface area contributed by atoms with Crippen LogP contribution in [0.5, 0.6) is 5.75 Å². The van der Waals surface area contributed by atoms with Crippen LogP contribution in [-0.4, -0.2) is 28.9 Å². The highest BCUT2D eigenvalue weighted by Gasteiger charge is 2.03. The molecule has 0 aliphatic rings. The Kier molecular flexibility index (Phi) is 7.32. The maximum atomic E-state index is 5.78. The molecule has 0 aliphatic carbocycles. The predicted octanol–water partition coefficient (Wildman–Crippen LogP) is 2.71. The maximum absolute atomic E-state index is 5.78. The SMILES string of the molecule is CCNC(=NCc1cccc(OCC(C)C)c1)NCc1ccnn1C. The van der Waals surface area contributed by atoms with E-state index in [4.69, 9.17) is 4.74 Å². The number of benzene rings is 1. The lowest BCUT2D eigenvalue weighted by Gasteiger charge is -2.12. The molecule has 6 nitrogen and oxygen atoms in total. The van der Waals surface area contributed by atoms with Crippen LogP contribution in [0.3, 0.4) is 0 Å². The molecule has 1 aromatic heterocycles. The van der Waals surface area contributed by atoms with Crippen molar-refractivity contribution in [3.63, 3.8) is 0 Å². The molecule has 0 atom stereocenters. The highest BCUT2D eigenvalue weighted by molar-refractivity contribution is 5.79. The summed E-state index contributed by atoms with van der Waals surface area (Å²) in [7, 11) is 1.93. The fraction of sp³-hybridized carbons (Fsp3) is 0.474. The summed E-state index contributed by atoms with van der Waals surface area (Å²) in [5.41, 5.74) is 2.23. The van der Waals surface area contributed by atoms with Crippen LogP contribution in [0.15, 0.2) is 41.5 Å². The minimum Gasteiger partial charge on any atom is -0.493 e. The number of ether oxygens (including phenoxy) is 1. The molecule has 25 heavy (non-hydrogen) atoms. The van der Waals surface area contributed by atoms with Crippen LogP contribution in [0.4, 0.5) is 0 Å². The minimum absolute atomic E-state index is 0.512. The first kappa shape index (κ1) is 18.8. The number of hydrogen-bond acceptors (Lipinski definition) is 3. The lowest BCUT2D eigenvalue weighted by molar-refractivity contribution is 0.271.